The molecule has 6 nitrogen and oxygen atoms in total. The molecule has 0 aliphatic rings. The molecular weight excluding hydrogens is 220 g/mol. The molecule has 6 heteroatoms. The Bertz CT molecular complexity index is 598. The molecule has 17 heavy (non-hydrogen) atoms. The summed E-state index contributed by atoms with van der Waals surface area (Å²) in [5.41, 5.74) is 1.04. The van der Waals surface area contributed by atoms with Gasteiger partial charge in [-0.3, -0.25) is 0 Å². The number of carboxylic acids is 1. The van der Waals surface area contributed by atoms with Crippen LogP contribution in [0.3, 0.4) is 0 Å². The van der Waals surface area contributed by atoms with Gasteiger partial charge in [0.15, 0.2) is 5.69 Å². The van der Waals surface area contributed by atoms with Gasteiger partial charge in [-0.15, -0.1) is 0 Å². The summed E-state index contributed by atoms with van der Waals surface area (Å²) >= 11 is 0. The molecule has 2 aromatic rings. The average molecular weight is 228 g/mol. The molecule has 2 aromatic heterocycles. The predicted molar refractivity (Wildman–Crippen MR) is 57.2 cm³/mol. The van der Waals surface area contributed by atoms with E-state index < -0.39 is 5.97 Å². The van der Waals surface area contributed by atoms with Crippen molar-refractivity contribution in [1.82, 2.24) is 14.5 Å². The monoisotopic (exact) mass is 228 g/mol. The van der Waals surface area contributed by atoms with Gasteiger partial charge in [0.05, 0.1) is 12.9 Å². The van der Waals surface area contributed by atoms with Crippen LogP contribution in [0.1, 0.15) is 21.7 Å². The van der Waals surface area contributed by atoms with Crippen LogP contribution in [-0.4, -0.2) is 25.6 Å². The van der Waals surface area contributed by atoms with Crippen molar-refractivity contribution < 1.29 is 9.90 Å². The number of imidazole rings is 1. The minimum Gasteiger partial charge on any atom is -0.476 e. The first kappa shape index (κ1) is 10.8. The lowest BCUT2D eigenvalue weighted by atomic mass is 10.2. The molecule has 84 valence electrons. The topological polar surface area (TPSA) is 91.8 Å². The van der Waals surface area contributed by atoms with Crippen molar-refractivity contribution in [3.05, 3.63) is 47.8 Å². The van der Waals surface area contributed by atoms with Crippen LogP contribution in [0, 0.1) is 11.3 Å². The molecule has 0 saturated carbocycles. The quantitative estimate of drug-likeness (QED) is 0.842. The fraction of sp³-hybridized carbons (Fsp3) is 0.0909. The number of aromatic carboxylic acids is 1. The normalized spacial score (nSPS) is 9.82. The molecule has 0 aromatic carbocycles. The van der Waals surface area contributed by atoms with Crippen molar-refractivity contribution in [3.8, 4) is 6.07 Å². The maximum Gasteiger partial charge on any atom is 0.356 e. The molecule has 0 bridgehead atoms. The molecule has 0 saturated heterocycles. The van der Waals surface area contributed by atoms with E-state index >= 15 is 0 Å². The van der Waals surface area contributed by atoms with Gasteiger partial charge in [0, 0.05) is 18.0 Å². The predicted octanol–water partition coefficient (Wildman–Crippen LogP) is 0.896. The van der Waals surface area contributed by atoms with Crippen LogP contribution < -0.4 is 0 Å². The van der Waals surface area contributed by atoms with Gasteiger partial charge in [0.2, 0.25) is 0 Å². The van der Waals surface area contributed by atoms with Gasteiger partial charge in [-0.2, -0.15) is 5.26 Å². The minimum atomic E-state index is -1.07. The second kappa shape index (κ2) is 4.45. The number of rotatable bonds is 3. The summed E-state index contributed by atoms with van der Waals surface area (Å²) in [6.45, 7) is 0.372. The van der Waals surface area contributed by atoms with E-state index in [-0.39, 0.29) is 5.69 Å². The van der Waals surface area contributed by atoms with Crippen molar-refractivity contribution in [2.45, 2.75) is 6.54 Å². The van der Waals surface area contributed by atoms with Gasteiger partial charge >= 0.3 is 5.97 Å². The highest BCUT2D eigenvalue weighted by Crippen LogP contribution is 2.07. The molecule has 0 spiro atoms. The third kappa shape index (κ3) is 2.29. The summed E-state index contributed by atoms with van der Waals surface area (Å²) in [4.78, 5) is 18.3. The number of nitrogens with zero attached hydrogens (tertiary/aromatic N) is 4. The number of hydrogen-bond donors (Lipinski definition) is 1. The number of aromatic nitrogens is 3. The molecule has 0 unspecified atom stereocenters. The van der Waals surface area contributed by atoms with Crippen molar-refractivity contribution in [2.24, 2.45) is 0 Å². The first-order chi connectivity index (χ1) is 8.20. The molecular formula is C11H8N4O2. The zero-order valence-corrected chi connectivity index (χ0v) is 8.74. The van der Waals surface area contributed by atoms with E-state index in [0.717, 1.165) is 5.56 Å². The second-order valence-corrected chi connectivity index (χ2v) is 3.36. The molecule has 0 amide bonds. The van der Waals surface area contributed by atoms with Crippen molar-refractivity contribution >= 4 is 5.97 Å². The van der Waals surface area contributed by atoms with Crippen LogP contribution in [-0.2, 0) is 6.54 Å². The molecule has 0 fully saturated rings. The summed E-state index contributed by atoms with van der Waals surface area (Å²) in [6.07, 6.45) is 4.37. The van der Waals surface area contributed by atoms with Crippen molar-refractivity contribution in [2.75, 3.05) is 0 Å². The maximum absolute atomic E-state index is 10.6. The Labute approximate surface area is 96.8 Å². The Morgan fingerprint density at radius 1 is 1.53 bits per heavy atom. The summed E-state index contributed by atoms with van der Waals surface area (Å²) in [5.74, 6) is -1.07. The van der Waals surface area contributed by atoms with Crippen LogP contribution in [0.5, 0.6) is 0 Å². The summed E-state index contributed by atoms with van der Waals surface area (Å²) in [7, 11) is 0. The van der Waals surface area contributed by atoms with Gasteiger partial charge in [-0.1, -0.05) is 6.07 Å². The number of carbonyl (C=O) groups is 1. The van der Waals surface area contributed by atoms with E-state index in [1.54, 1.807) is 22.9 Å². The highest BCUT2D eigenvalue weighted by molar-refractivity contribution is 5.84. The summed E-state index contributed by atoms with van der Waals surface area (Å²) in [5, 5.41) is 17.6. The van der Waals surface area contributed by atoms with Crippen molar-refractivity contribution in [3.63, 3.8) is 0 Å². The van der Waals surface area contributed by atoms with Crippen LogP contribution in [0.4, 0.5) is 0 Å². The van der Waals surface area contributed by atoms with E-state index in [1.807, 2.05) is 6.07 Å². The lowest BCUT2D eigenvalue weighted by Crippen LogP contribution is -2.01. The second-order valence-electron chi connectivity index (χ2n) is 3.36. The fourth-order valence-corrected chi connectivity index (χ4v) is 1.42. The van der Waals surface area contributed by atoms with Gasteiger partial charge < -0.3 is 9.67 Å². The zero-order valence-electron chi connectivity index (χ0n) is 8.74. The van der Waals surface area contributed by atoms with Crippen molar-refractivity contribution in [1.29, 1.82) is 5.26 Å². The van der Waals surface area contributed by atoms with E-state index in [9.17, 15) is 4.79 Å². The minimum absolute atomic E-state index is 0.0209. The molecule has 2 rings (SSSR count). The number of nitriles is 1. The Morgan fingerprint density at radius 3 is 3.00 bits per heavy atom. The highest BCUT2D eigenvalue weighted by Gasteiger charge is 2.08. The van der Waals surface area contributed by atoms with Crippen LogP contribution >= 0.6 is 0 Å². The smallest absolute Gasteiger partial charge is 0.356 e. The summed E-state index contributed by atoms with van der Waals surface area (Å²) in [6, 6.07) is 5.48. The van der Waals surface area contributed by atoms with Crippen LogP contribution in [0.2, 0.25) is 0 Å². The maximum atomic E-state index is 10.6. The number of pyridine rings is 1. The average Bonchev–Trinajstić information content (AvgIpc) is 2.78. The van der Waals surface area contributed by atoms with E-state index in [0.29, 0.717) is 12.2 Å². The van der Waals surface area contributed by atoms with Crippen LogP contribution in [0.15, 0.2) is 30.9 Å². The SMILES string of the molecule is N#Cc1ncccc1Cn1cnc(C(=O)O)c1. The first-order valence-corrected chi connectivity index (χ1v) is 4.80. The van der Waals surface area contributed by atoms with Gasteiger partial charge in [-0.25, -0.2) is 14.8 Å². The number of hydrogen-bond acceptors (Lipinski definition) is 4. The molecule has 0 aliphatic heterocycles. The Hall–Kier alpha value is -2.68. The Kier molecular flexibility index (Phi) is 2.83. The molecule has 1 N–H and O–H groups in total. The van der Waals surface area contributed by atoms with E-state index in [2.05, 4.69) is 9.97 Å². The Morgan fingerprint density at radius 2 is 2.35 bits per heavy atom. The largest absolute Gasteiger partial charge is 0.476 e. The van der Waals surface area contributed by atoms with Gasteiger partial charge in [0.25, 0.3) is 0 Å². The van der Waals surface area contributed by atoms with Crippen LogP contribution in [0.25, 0.3) is 0 Å². The number of carboxylic acid groups (broad SMARTS) is 1. The highest BCUT2D eigenvalue weighted by atomic mass is 16.4. The standard InChI is InChI=1S/C11H8N4O2/c12-4-9-8(2-1-3-13-9)5-15-6-10(11(16)17)14-7-15/h1-3,6-7H,5H2,(H,16,17). The summed E-state index contributed by atoms with van der Waals surface area (Å²) < 4.78 is 1.60. The first-order valence-electron chi connectivity index (χ1n) is 4.80. The molecule has 0 aliphatic carbocycles. The fourth-order valence-electron chi connectivity index (χ4n) is 1.42. The molecule has 0 atom stereocenters. The van der Waals surface area contributed by atoms with E-state index in [4.69, 9.17) is 10.4 Å². The lowest BCUT2D eigenvalue weighted by molar-refractivity contribution is 0.0691. The Balaban J connectivity index is 2.26. The van der Waals surface area contributed by atoms with Gasteiger partial charge in [-0.05, 0) is 6.07 Å². The molecule has 2 heterocycles. The van der Waals surface area contributed by atoms with E-state index in [1.165, 1.54) is 12.5 Å². The van der Waals surface area contributed by atoms with Gasteiger partial charge in [0.1, 0.15) is 11.8 Å². The third-order valence-corrected chi connectivity index (χ3v) is 2.20. The zero-order chi connectivity index (χ0) is 12.3. The molecule has 0 radical (unpaired) electrons. The lowest BCUT2D eigenvalue weighted by Gasteiger charge is -2.02. The third-order valence-electron chi connectivity index (χ3n) is 2.20.